The molecule has 86 valence electrons. The highest BCUT2D eigenvalue weighted by molar-refractivity contribution is 5.36. The largest absolute Gasteiger partial charge is 0.360 e. The second-order valence-electron chi connectivity index (χ2n) is 3.79. The van der Waals surface area contributed by atoms with E-state index in [2.05, 4.69) is 40.0 Å². The van der Waals surface area contributed by atoms with Gasteiger partial charge in [0.25, 0.3) is 0 Å². The van der Waals surface area contributed by atoms with Gasteiger partial charge >= 0.3 is 0 Å². The molecule has 0 radical (unpaired) electrons. The summed E-state index contributed by atoms with van der Waals surface area (Å²) in [6.45, 7) is 5.30. The van der Waals surface area contributed by atoms with Crippen molar-refractivity contribution in [3.63, 3.8) is 0 Å². The Morgan fingerprint density at radius 1 is 1.53 bits per heavy atom. The van der Waals surface area contributed by atoms with Crippen LogP contribution in [0.4, 0.5) is 5.82 Å². The molecule has 0 saturated carbocycles. The van der Waals surface area contributed by atoms with Gasteiger partial charge in [-0.1, -0.05) is 6.92 Å². The molecule has 0 fully saturated rings. The Labute approximate surface area is 92.3 Å². The van der Waals surface area contributed by atoms with Gasteiger partial charge in [0, 0.05) is 26.2 Å². The molecule has 0 saturated heterocycles. The molecule has 4 heteroatoms. The normalized spacial score (nSPS) is 10.6. The molecule has 1 aromatic heterocycles. The van der Waals surface area contributed by atoms with Crippen molar-refractivity contribution < 1.29 is 0 Å². The summed E-state index contributed by atoms with van der Waals surface area (Å²) in [5, 5.41) is 7.47. The third-order valence-corrected chi connectivity index (χ3v) is 2.44. The lowest BCUT2D eigenvalue weighted by Crippen LogP contribution is -2.24. The van der Waals surface area contributed by atoms with Gasteiger partial charge in [-0.15, -0.1) is 0 Å². The van der Waals surface area contributed by atoms with E-state index in [-0.39, 0.29) is 0 Å². The molecule has 0 spiro atoms. The van der Waals surface area contributed by atoms with Gasteiger partial charge in [0.2, 0.25) is 0 Å². The van der Waals surface area contributed by atoms with Crippen LogP contribution in [0.2, 0.25) is 0 Å². The third-order valence-electron chi connectivity index (χ3n) is 2.44. The molecule has 0 aliphatic heterocycles. The minimum Gasteiger partial charge on any atom is -0.360 e. The minimum absolute atomic E-state index is 0.999. The standard InChI is InChI=1S/C11H22N4/c1-4-9-15-11(6-8-13-15)14(3)10-5-7-12-2/h6,8,12H,4-5,7,9-10H2,1-3H3. The predicted octanol–water partition coefficient (Wildman–Crippen LogP) is 1.34. The Morgan fingerprint density at radius 2 is 2.33 bits per heavy atom. The van der Waals surface area contributed by atoms with Crippen molar-refractivity contribution >= 4 is 5.82 Å². The Morgan fingerprint density at radius 3 is 3.00 bits per heavy atom. The maximum absolute atomic E-state index is 4.31. The lowest BCUT2D eigenvalue weighted by Gasteiger charge is -2.19. The summed E-state index contributed by atoms with van der Waals surface area (Å²) in [4.78, 5) is 2.26. The highest BCUT2D eigenvalue weighted by atomic mass is 15.4. The van der Waals surface area contributed by atoms with Gasteiger partial charge in [0.1, 0.15) is 5.82 Å². The average Bonchev–Trinajstić information content (AvgIpc) is 2.67. The number of aryl methyl sites for hydroxylation is 1. The molecule has 0 unspecified atom stereocenters. The fourth-order valence-corrected chi connectivity index (χ4v) is 1.64. The fraction of sp³-hybridized carbons (Fsp3) is 0.727. The van der Waals surface area contributed by atoms with E-state index >= 15 is 0 Å². The van der Waals surface area contributed by atoms with Crippen LogP contribution in [0.15, 0.2) is 12.3 Å². The van der Waals surface area contributed by atoms with Crippen molar-refractivity contribution in [2.45, 2.75) is 26.3 Å². The predicted molar refractivity (Wildman–Crippen MR) is 64.3 cm³/mol. The summed E-state index contributed by atoms with van der Waals surface area (Å²) < 4.78 is 2.07. The second kappa shape index (κ2) is 6.45. The molecule has 0 bridgehead atoms. The summed E-state index contributed by atoms with van der Waals surface area (Å²) in [6.07, 6.45) is 4.16. The highest BCUT2D eigenvalue weighted by Crippen LogP contribution is 2.12. The van der Waals surface area contributed by atoms with Crippen LogP contribution in [0.1, 0.15) is 19.8 Å². The van der Waals surface area contributed by atoms with E-state index in [1.54, 1.807) is 0 Å². The molecule has 15 heavy (non-hydrogen) atoms. The van der Waals surface area contributed by atoms with E-state index in [1.165, 1.54) is 5.82 Å². The molecule has 1 N–H and O–H groups in total. The molecule has 0 aromatic carbocycles. The van der Waals surface area contributed by atoms with E-state index in [1.807, 2.05) is 13.2 Å². The number of hydrogen-bond acceptors (Lipinski definition) is 3. The van der Waals surface area contributed by atoms with Gasteiger partial charge in [-0.2, -0.15) is 5.10 Å². The van der Waals surface area contributed by atoms with Gasteiger partial charge in [-0.05, 0) is 26.4 Å². The molecule has 0 atom stereocenters. The number of anilines is 1. The molecule has 1 rings (SSSR count). The van der Waals surface area contributed by atoms with Crippen molar-refractivity contribution in [2.75, 3.05) is 32.1 Å². The van der Waals surface area contributed by atoms with Gasteiger partial charge in [-0.25, -0.2) is 4.68 Å². The van der Waals surface area contributed by atoms with Crippen LogP contribution in [-0.2, 0) is 6.54 Å². The van der Waals surface area contributed by atoms with Crippen LogP contribution in [0.5, 0.6) is 0 Å². The zero-order valence-electron chi connectivity index (χ0n) is 10.0. The lowest BCUT2D eigenvalue weighted by atomic mass is 10.4. The molecule has 1 aromatic rings. The van der Waals surface area contributed by atoms with Crippen LogP contribution in [0.3, 0.4) is 0 Å². The van der Waals surface area contributed by atoms with Gasteiger partial charge in [0.15, 0.2) is 0 Å². The van der Waals surface area contributed by atoms with Crippen LogP contribution < -0.4 is 10.2 Å². The average molecular weight is 210 g/mol. The minimum atomic E-state index is 0.999. The first-order valence-electron chi connectivity index (χ1n) is 5.67. The summed E-state index contributed by atoms with van der Waals surface area (Å²) in [7, 11) is 4.11. The first-order valence-corrected chi connectivity index (χ1v) is 5.67. The topological polar surface area (TPSA) is 33.1 Å². The van der Waals surface area contributed by atoms with Crippen LogP contribution >= 0.6 is 0 Å². The smallest absolute Gasteiger partial charge is 0.126 e. The molecule has 0 aliphatic carbocycles. The van der Waals surface area contributed by atoms with Crippen molar-refractivity contribution in [1.29, 1.82) is 0 Å². The quantitative estimate of drug-likeness (QED) is 0.689. The molecule has 0 amide bonds. The van der Waals surface area contributed by atoms with E-state index in [4.69, 9.17) is 0 Å². The van der Waals surface area contributed by atoms with Crippen molar-refractivity contribution in [1.82, 2.24) is 15.1 Å². The summed E-state index contributed by atoms with van der Waals surface area (Å²) in [5.41, 5.74) is 0. The first kappa shape index (κ1) is 12.0. The summed E-state index contributed by atoms with van der Waals surface area (Å²) in [5.74, 6) is 1.22. The maximum Gasteiger partial charge on any atom is 0.126 e. The first-order chi connectivity index (χ1) is 7.29. The zero-order chi connectivity index (χ0) is 11.1. The van der Waals surface area contributed by atoms with Gasteiger partial charge in [-0.3, -0.25) is 0 Å². The summed E-state index contributed by atoms with van der Waals surface area (Å²) in [6, 6.07) is 2.08. The maximum atomic E-state index is 4.31. The Hall–Kier alpha value is -1.03. The van der Waals surface area contributed by atoms with E-state index in [0.717, 1.165) is 32.5 Å². The van der Waals surface area contributed by atoms with E-state index in [9.17, 15) is 0 Å². The Balaban J connectivity index is 2.48. The second-order valence-corrected chi connectivity index (χ2v) is 3.79. The number of aromatic nitrogens is 2. The SMILES string of the molecule is CCCn1nccc1N(C)CCCNC. The van der Waals surface area contributed by atoms with Gasteiger partial charge < -0.3 is 10.2 Å². The molecule has 0 aliphatic rings. The number of rotatable bonds is 7. The Kier molecular flexibility index (Phi) is 5.18. The summed E-state index contributed by atoms with van der Waals surface area (Å²) >= 11 is 0. The van der Waals surface area contributed by atoms with Crippen LogP contribution in [-0.4, -0.2) is 37.0 Å². The number of nitrogens with one attached hydrogen (secondary N) is 1. The third kappa shape index (κ3) is 3.55. The Bertz CT molecular complexity index is 269. The molecular weight excluding hydrogens is 188 g/mol. The van der Waals surface area contributed by atoms with E-state index in [0.29, 0.717) is 0 Å². The van der Waals surface area contributed by atoms with Crippen LogP contribution in [0, 0.1) is 0 Å². The monoisotopic (exact) mass is 210 g/mol. The highest BCUT2D eigenvalue weighted by Gasteiger charge is 2.05. The molecular formula is C11H22N4. The van der Waals surface area contributed by atoms with Gasteiger partial charge in [0.05, 0.1) is 6.20 Å². The van der Waals surface area contributed by atoms with Crippen molar-refractivity contribution in [3.8, 4) is 0 Å². The number of nitrogens with zero attached hydrogens (tertiary/aromatic N) is 3. The lowest BCUT2D eigenvalue weighted by molar-refractivity contribution is 0.591. The van der Waals surface area contributed by atoms with Crippen molar-refractivity contribution in [3.05, 3.63) is 12.3 Å². The molecule has 4 nitrogen and oxygen atoms in total. The number of hydrogen-bond donors (Lipinski definition) is 1. The zero-order valence-corrected chi connectivity index (χ0v) is 10.0. The fourth-order valence-electron chi connectivity index (χ4n) is 1.64. The molecule has 1 heterocycles. The van der Waals surface area contributed by atoms with Crippen molar-refractivity contribution in [2.24, 2.45) is 0 Å². The van der Waals surface area contributed by atoms with Crippen LogP contribution in [0.25, 0.3) is 0 Å². The van der Waals surface area contributed by atoms with E-state index < -0.39 is 0 Å².